The Hall–Kier alpha value is -0.480. The van der Waals surface area contributed by atoms with Gasteiger partial charge in [0.2, 0.25) is 0 Å². The highest BCUT2D eigenvalue weighted by molar-refractivity contribution is 6.43. The molecular weight excluding hydrogens is 221 g/mol. The van der Waals surface area contributed by atoms with E-state index in [1.54, 1.807) is 6.07 Å². The van der Waals surface area contributed by atoms with Crippen molar-refractivity contribution in [2.75, 3.05) is 25.5 Å². The van der Waals surface area contributed by atoms with Crippen molar-refractivity contribution < 1.29 is 0 Å². The minimum Gasteiger partial charge on any atom is -0.382 e. The van der Waals surface area contributed by atoms with Gasteiger partial charge in [-0.25, -0.2) is 0 Å². The van der Waals surface area contributed by atoms with Crippen molar-refractivity contribution in [3.05, 3.63) is 28.2 Å². The Bertz CT molecular complexity index is 291. The van der Waals surface area contributed by atoms with E-state index in [4.69, 9.17) is 23.2 Å². The molecule has 0 aliphatic rings. The van der Waals surface area contributed by atoms with E-state index in [1.807, 2.05) is 19.2 Å². The van der Waals surface area contributed by atoms with Crippen LogP contribution < -0.4 is 16.2 Å². The highest BCUT2D eigenvalue weighted by atomic mass is 35.5. The van der Waals surface area contributed by atoms with Gasteiger partial charge in [-0.3, -0.25) is 10.9 Å². The zero-order chi connectivity index (χ0) is 10.4. The molecule has 0 atom stereocenters. The third-order valence-corrected chi connectivity index (χ3v) is 2.51. The third kappa shape index (κ3) is 3.35. The molecule has 0 aliphatic heterocycles. The van der Waals surface area contributed by atoms with Gasteiger partial charge in [-0.05, 0) is 19.2 Å². The summed E-state index contributed by atoms with van der Waals surface area (Å²) in [6.45, 7) is 1.58. The molecule has 0 unspecified atom stereocenters. The van der Waals surface area contributed by atoms with Gasteiger partial charge in [-0.2, -0.15) is 0 Å². The fourth-order valence-corrected chi connectivity index (χ4v) is 1.39. The molecule has 1 aromatic rings. The molecule has 0 radical (unpaired) electrons. The molecule has 78 valence electrons. The molecule has 3 N–H and O–H groups in total. The van der Waals surface area contributed by atoms with E-state index in [0.29, 0.717) is 10.0 Å². The summed E-state index contributed by atoms with van der Waals surface area (Å²) in [6.07, 6.45) is 0. The SMILES string of the molecule is CNNCCNc1cccc(Cl)c1Cl. The van der Waals surface area contributed by atoms with Crippen LogP contribution >= 0.6 is 23.2 Å². The smallest absolute Gasteiger partial charge is 0.0823 e. The molecule has 0 spiro atoms. The average molecular weight is 234 g/mol. The van der Waals surface area contributed by atoms with Gasteiger partial charge in [0.15, 0.2) is 0 Å². The summed E-state index contributed by atoms with van der Waals surface area (Å²) in [5.74, 6) is 0. The first-order valence-electron chi connectivity index (χ1n) is 4.33. The van der Waals surface area contributed by atoms with Gasteiger partial charge >= 0.3 is 0 Å². The van der Waals surface area contributed by atoms with Crippen molar-refractivity contribution in [3.63, 3.8) is 0 Å². The van der Waals surface area contributed by atoms with Crippen LogP contribution in [0.1, 0.15) is 0 Å². The Morgan fingerprint density at radius 1 is 1.21 bits per heavy atom. The Kier molecular flexibility index (Phi) is 5.04. The first-order valence-corrected chi connectivity index (χ1v) is 5.09. The topological polar surface area (TPSA) is 36.1 Å². The minimum absolute atomic E-state index is 0.568. The molecule has 3 nitrogen and oxygen atoms in total. The van der Waals surface area contributed by atoms with E-state index in [0.717, 1.165) is 18.8 Å². The first kappa shape index (κ1) is 11.6. The van der Waals surface area contributed by atoms with Gasteiger partial charge in [0.05, 0.1) is 15.7 Å². The van der Waals surface area contributed by atoms with E-state index in [2.05, 4.69) is 16.2 Å². The molecule has 1 aromatic carbocycles. The van der Waals surface area contributed by atoms with Crippen LogP contribution in [-0.4, -0.2) is 20.1 Å². The fourth-order valence-electron chi connectivity index (χ4n) is 1.02. The lowest BCUT2D eigenvalue weighted by atomic mass is 10.3. The van der Waals surface area contributed by atoms with Gasteiger partial charge in [-0.1, -0.05) is 29.3 Å². The monoisotopic (exact) mass is 233 g/mol. The Balaban J connectivity index is 2.46. The van der Waals surface area contributed by atoms with Crippen molar-refractivity contribution in [1.82, 2.24) is 10.9 Å². The number of benzene rings is 1. The predicted octanol–water partition coefficient (Wildman–Crippen LogP) is 2.13. The Morgan fingerprint density at radius 3 is 2.71 bits per heavy atom. The second-order valence-electron chi connectivity index (χ2n) is 2.70. The van der Waals surface area contributed by atoms with Crippen molar-refractivity contribution >= 4 is 28.9 Å². The maximum Gasteiger partial charge on any atom is 0.0823 e. The van der Waals surface area contributed by atoms with Gasteiger partial charge < -0.3 is 5.32 Å². The Labute approximate surface area is 93.8 Å². The highest BCUT2D eigenvalue weighted by Crippen LogP contribution is 2.29. The summed E-state index contributed by atoms with van der Waals surface area (Å²) in [7, 11) is 1.83. The van der Waals surface area contributed by atoms with Gasteiger partial charge in [0, 0.05) is 13.1 Å². The van der Waals surface area contributed by atoms with Crippen LogP contribution in [0.15, 0.2) is 18.2 Å². The predicted molar refractivity (Wildman–Crippen MR) is 62.0 cm³/mol. The highest BCUT2D eigenvalue weighted by Gasteiger charge is 2.02. The maximum atomic E-state index is 5.98. The van der Waals surface area contributed by atoms with Crippen molar-refractivity contribution in [2.45, 2.75) is 0 Å². The lowest BCUT2D eigenvalue weighted by molar-refractivity contribution is 0.611. The number of hydrogen-bond acceptors (Lipinski definition) is 3. The van der Waals surface area contributed by atoms with Crippen molar-refractivity contribution in [2.24, 2.45) is 0 Å². The summed E-state index contributed by atoms with van der Waals surface area (Å²) < 4.78 is 0. The number of anilines is 1. The number of hydrazine groups is 1. The molecule has 0 bridgehead atoms. The molecule has 1 rings (SSSR count). The number of hydrogen-bond donors (Lipinski definition) is 3. The lowest BCUT2D eigenvalue weighted by Crippen LogP contribution is -2.32. The van der Waals surface area contributed by atoms with E-state index in [-0.39, 0.29) is 0 Å². The minimum atomic E-state index is 0.568. The largest absolute Gasteiger partial charge is 0.382 e. The van der Waals surface area contributed by atoms with E-state index >= 15 is 0 Å². The molecule has 0 amide bonds. The summed E-state index contributed by atoms with van der Waals surface area (Å²) in [5, 5.41) is 4.31. The lowest BCUT2D eigenvalue weighted by Gasteiger charge is -2.09. The second kappa shape index (κ2) is 6.09. The molecule has 0 fully saturated rings. The molecule has 0 heterocycles. The summed E-state index contributed by atoms with van der Waals surface area (Å²) in [5.41, 5.74) is 6.65. The van der Waals surface area contributed by atoms with E-state index in [9.17, 15) is 0 Å². The quantitative estimate of drug-likeness (QED) is 0.539. The summed E-state index contributed by atoms with van der Waals surface area (Å²) >= 11 is 11.8. The zero-order valence-electron chi connectivity index (χ0n) is 7.90. The molecule has 0 saturated heterocycles. The third-order valence-electron chi connectivity index (χ3n) is 1.69. The van der Waals surface area contributed by atoms with Crippen LogP contribution in [-0.2, 0) is 0 Å². The standard InChI is InChI=1S/C9H13Cl2N3/c1-12-14-6-5-13-8-4-2-3-7(10)9(8)11/h2-4,12-14H,5-6H2,1H3. The van der Waals surface area contributed by atoms with Crippen molar-refractivity contribution in [1.29, 1.82) is 0 Å². The summed E-state index contributed by atoms with van der Waals surface area (Å²) in [4.78, 5) is 0. The number of halogens is 2. The normalized spacial score (nSPS) is 10.2. The van der Waals surface area contributed by atoms with Gasteiger partial charge in [0.25, 0.3) is 0 Å². The molecule has 0 saturated carbocycles. The van der Waals surface area contributed by atoms with E-state index in [1.165, 1.54) is 0 Å². The van der Waals surface area contributed by atoms with Crippen LogP contribution in [0.2, 0.25) is 10.0 Å². The van der Waals surface area contributed by atoms with Crippen LogP contribution in [0.25, 0.3) is 0 Å². The maximum absolute atomic E-state index is 5.98. The average Bonchev–Trinajstić information content (AvgIpc) is 2.19. The first-order chi connectivity index (χ1) is 6.75. The second-order valence-corrected chi connectivity index (χ2v) is 3.49. The molecule has 0 aromatic heterocycles. The van der Waals surface area contributed by atoms with Crippen LogP contribution in [0, 0.1) is 0 Å². The van der Waals surface area contributed by atoms with Gasteiger partial charge in [0.1, 0.15) is 0 Å². The molecule has 5 heteroatoms. The number of rotatable bonds is 5. The number of nitrogens with one attached hydrogen (secondary N) is 3. The molecule has 14 heavy (non-hydrogen) atoms. The zero-order valence-corrected chi connectivity index (χ0v) is 9.41. The molecule has 0 aliphatic carbocycles. The van der Waals surface area contributed by atoms with Crippen molar-refractivity contribution in [3.8, 4) is 0 Å². The van der Waals surface area contributed by atoms with Crippen LogP contribution in [0.5, 0.6) is 0 Å². The van der Waals surface area contributed by atoms with Crippen LogP contribution in [0.4, 0.5) is 5.69 Å². The van der Waals surface area contributed by atoms with Gasteiger partial charge in [-0.15, -0.1) is 0 Å². The fraction of sp³-hybridized carbons (Fsp3) is 0.333. The summed E-state index contributed by atoms with van der Waals surface area (Å²) in [6, 6.07) is 5.52. The van der Waals surface area contributed by atoms with E-state index < -0.39 is 0 Å². The Morgan fingerprint density at radius 2 is 2.00 bits per heavy atom. The molecular formula is C9H13Cl2N3. The van der Waals surface area contributed by atoms with Crippen LogP contribution in [0.3, 0.4) is 0 Å².